The lowest BCUT2D eigenvalue weighted by atomic mass is 10.1. The molecule has 142 valence electrons. The van der Waals surface area contributed by atoms with Crippen LogP contribution in [0.1, 0.15) is 17.0 Å². The fourth-order valence-electron chi connectivity index (χ4n) is 2.81. The molecule has 1 amide bonds. The van der Waals surface area contributed by atoms with E-state index < -0.39 is 0 Å². The van der Waals surface area contributed by atoms with Crippen LogP contribution in [0, 0.1) is 0 Å². The number of nitrogens with one attached hydrogen (secondary N) is 1. The van der Waals surface area contributed by atoms with Crippen LogP contribution >= 0.6 is 0 Å². The van der Waals surface area contributed by atoms with Crippen LogP contribution in [0.4, 0.5) is 5.69 Å². The van der Waals surface area contributed by atoms with Gasteiger partial charge in [-0.05, 0) is 35.4 Å². The summed E-state index contributed by atoms with van der Waals surface area (Å²) in [6.45, 7) is 0. The highest BCUT2D eigenvalue weighted by atomic mass is 16.5. The number of carbonyl (C=O) groups is 1. The monoisotopic (exact) mass is 382 g/mol. The summed E-state index contributed by atoms with van der Waals surface area (Å²) in [6.07, 6.45) is 7.07. The first-order valence-corrected chi connectivity index (χ1v) is 9.13. The average Bonchev–Trinajstić information content (AvgIpc) is 3.24. The Morgan fingerprint density at radius 2 is 1.83 bits per heavy atom. The number of benzene rings is 2. The van der Waals surface area contributed by atoms with Gasteiger partial charge in [0.2, 0.25) is 17.6 Å². The van der Waals surface area contributed by atoms with Gasteiger partial charge in [0.25, 0.3) is 0 Å². The molecule has 2 aromatic carbocycles. The van der Waals surface area contributed by atoms with Crippen LogP contribution in [0.15, 0.2) is 89.7 Å². The molecule has 29 heavy (non-hydrogen) atoms. The molecule has 0 saturated carbocycles. The van der Waals surface area contributed by atoms with Crippen molar-refractivity contribution in [2.75, 3.05) is 5.32 Å². The molecular weight excluding hydrogens is 364 g/mol. The Morgan fingerprint density at radius 1 is 1.00 bits per heavy atom. The Hall–Kier alpha value is -4.06. The number of amides is 1. The third kappa shape index (κ3) is 4.81. The summed E-state index contributed by atoms with van der Waals surface area (Å²) in [5, 5.41) is 6.93. The minimum absolute atomic E-state index is 0.206. The number of carbonyl (C=O) groups excluding carboxylic acids is 1. The lowest BCUT2D eigenvalue weighted by Crippen LogP contribution is -2.10. The summed E-state index contributed by atoms with van der Waals surface area (Å²) in [6, 6.07) is 20.9. The van der Waals surface area contributed by atoms with Crippen LogP contribution in [0.3, 0.4) is 0 Å². The van der Waals surface area contributed by atoms with Gasteiger partial charge in [-0.25, -0.2) is 0 Å². The maximum Gasteiger partial charge on any atom is 0.248 e. The van der Waals surface area contributed by atoms with E-state index in [0.717, 1.165) is 16.7 Å². The standard InChI is InChI=1S/C23H18N4O2/c28-21(13-12-17-7-2-1-3-8-17)25-20-11-5-4-9-18(20)15-22-26-23(27-29-22)19-10-6-14-24-16-19/h1-14,16H,15H2,(H,25,28)/b13-12+. The van der Waals surface area contributed by atoms with Gasteiger partial charge in [0.05, 0.1) is 6.42 Å². The number of para-hydroxylation sites is 1. The molecule has 0 aliphatic heterocycles. The van der Waals surface area contributed by atoms with Gasteiger partial charge in [-0.15, -0.1) is 0 Å². The van der Waals surface area contributed by atoms with E-state index in [2.05, 4.69) is 20.4 Å². The zero-order valence-corrected chi connectivity index (χ0v) is 15.5. The topological polar surface area (TPSA) is 80.9 Å². The fourth-order valence-corrected chi connectivity index (χ4v) is 2.81. The summed E-state index contributed by atoms with van der Waals surface area (Å²) in [5.74, 6) is 0.744. The fraction of sp³-hybridized carbons (Fsp3) is 0.0435. The highest BCUT2D eigenvalue weighted by Gasteiger charge is 2.12. The largest absolute Gasteiger partial charge is 0.339 e. The van der Waals surface area contributed by atoms with Crippen molar-refractivity contribution in [1.82, 2.24) is 15.1 Å². The molecule has 0 fully saturated rings. The van der Waals surface area contributed by atoms with Crippen molar-refractivity contribution in [2.45, 2.75) is 6.42 Å². The van der Waals surface area contributed by atoms with E-state index >= 15 is 0 Å². The van der Waals surface area contributed by atoms with E-state index in [1.54, 1.807) is 18.5 Å². The highest BCUT2D eigenvalue weighted by molar-refractivity contribution is 6.02. The molecule has 0 radical (unpaired) electrons. The van der Waals surface area contributed by atoms with Gasteiger partial charge < -0.3 is 9.84 Å². The van der Waals surface area contributed by atoms with Crippen LogP contribution in [0.25, 0.3) is 17.5 Å². The Kier molecular flexibility index (Phi) is 5.53. The predicted molar refractivity (Wildman–Crippen MR) is 111 cm³/mol. The number of nitrogens with zero attached hydrogens (tertiary/aromatic N) is 3. The molecule has 6 heteroatoms. The molecule has 0 saturated heterocycles. The van der Waals surface area contributed by atoms with Gasteiger partial charge in [-0.3, -0.25) is 9.78 Å². The Labute approximate surface area is 167 Å². The van der Waals surface area contributed by atoms with E-state index in [4.69, 9.17) is 4.52 Å². The van der Waals surface area contributed by atoms with Gasteiger partial charge in [-0.2, -0.15) is 4.98 Å². The molecule has 0 unspecified atom stereocenters. The van der Waals surface area contributed by atoms with Crippen molar-refractivity contribution in [2.24, 2.45) is 0 Å². The summed E-state index contributed by atoms with van der Waals surface area (Å²) < 4.78 is 5.37. The number of hydrogen-bond acceptors (Lipinski definition) is 5. The molecule has 0 atom stereocenters. The number of aromatic nitrogens is 3. The summed E-state index contributed by atoms with van der Waals surface area (Å²) in [7, 11) is 0. The summed E-state index contributed by atoms with van der Waals surface area (Å²) in [5.41, 5.74) is 3.34. The molecule has 0 aliphatic rings. The number of anilines is 1. The molecule has 4 aromatic rings. The van der Waals surface area contributed by atoms with Crippen molar-refractivity contribution in [3.05, 3.63) is 102 Å². The van der Waals surface area contributed by atoms with Crippen molar-refractivity contribution in [1.29, 1.82) is 0 Å². The summed E-state index contributed by atoms with van der Waals surface area (Å²) >= 11 is 0. The van der Waals surface area contributed by atoms with E-state index in [0.29, 0.717) is 23.8 Å². The van der Waals surface area contributed by atoms with Crippen molar-refractivity contribution in [3.8, 4) is 11.4 Å². The Bertz CT molecular complexity index is 1120. The van der Waals surface area contributed by atoms with Crippen molar-refractivity contribution < 1.29 is 9.32 Å². The van der Waals surface area contributed by atoms with Gasteiger partial charge >= 0.3 is 0 Å². The average molecular weight is 382 g/mol. The second kappa shape index (κ2) is 8.75. The first kappa shape index (κ1) is 18.3. The van der Waals surface area contributed by atoms with E-state index in [1.165, 1.54) is 6.08 Å². The van der Waals surface area contributed by atoms with Crippen LogP contribution in [0.2, 0.25) is 0 Å². The maximum atomic E-state index is 12.3. The minimum Gasteiger partial charge on any atom is -0.339 e. The van der Waals surface area contributed by atoms with Crippen molar-refractivity contribution >= 4 is 17.7 Å². The third-order valence-corrected chi connectivity index (χ3v) is 4.23. The van der Waals surface area contributed by atoms with E-state index in [-0.39, 0.29) is 5.91 Å². The minimum atomic E-state index is -0.206. The van der Waals surface area contributed by atoms with Gasteiger partial charge in [-0.1, -0.05) is 53.7 Å². The van der Waals surface area contributed by atoms with E-state index in [1.807, 2.05) is 66.7 Å². The van der Waals surface area contributed by atoms with Gasteiger partial charge in [0.1, 0.15) is 0 Å². The molecule has 4 rings (SSSR count). The first-order valence-electron chi connectivity index (χ1n) is 9.13. The summed E-state index contributed by atoms with van der Waals surface area (Å²) in [4.78, 5) is 20.8. The maximum absolute atomic E-state index is 12.3. The number of rotatable bonds is 6. The number of pyridine rings is 1. The highest BCUT2D eigenvalue weighted by Crippen LogP contribution is 2.20. The second-order valence-electron chi connectivity index (χ2n) is 6.32. The van der Waals surface area contributed by atoms with Crippen LogP contribution in [-0.2, 0) is 11.2 Å². The second-order valence-corrected chi connectivity index (χ2v) is 6.32. The first-order chi connectivity index (χ1) is 14.3. The Balaban J connectivity index is 1.47. The lowest BCUT2D eigenvalue weighted by Gasteiger charge is -2.08. The van der Waals surface area contributed by atoms with E-state index in [9.17, 15) is 4.79 Å². The molecule has 0 spiro atoms. The quantitative estimate of drug-likeness (QED) is 0.501. The van der Waals surface area contributed by atoms with Crippen LogP contribution in [-0.4, -0.2) is 21.0 Å². The molecule has 6 nitrogen and oxygen atoms in total. The predicted octanol–water partition coefficient (Wildman–Crippen LogP) is 4.37. The molecule has 1 N–H and O–H groups in total. The zero-order chi connectivity index (χ0) is 19.9. The molecule has 0 bridgehead atoms. The van der Waals surface area contributed by atoms with Gasteiger partial charge in [0, 0.05) is 29.7 Å². The molecule has 2 aromatic heterocycles. The van der Waals surface area contributed by atoms with Crippen LogP contribution in [0.5, 0.6) is 0 Å². The Morgan fingerprint density at radius 3 is 2.66 bits per heavy atom. The zero-order valence-electron chi connectivity index (χ0n) is 15.5. The normalized spacial score (nSPS) is 10.9. The SMILES string of the molecule is O=C(/C=C/c1ccccc1)Nc1ccccc1Cc1nc(-c2cccnc2)no1. The van der Waals surface area contributed by atoms with Crippen LogP contribution < -0.4 is 5.32 Å². The third-order valence-electron chi connectivity index (χ3n) is 4.23. The lowest BCUT2D eigenvalue weighted by molar-refractivity contribution is -0.111. The van der Waals surface area contributed by atoms with Crippen molar-refractivity contribution in [3.63, 3.8) is 0 Å². The smallest absolute Gasteiger partial charge is 0.248 e. The van der Waals surface area contributed by atoms with Gasteiger partial charge in [0.15, 0.2) is 0 Å². The number of hydrogen-bond donors (Lipinski definition) is 1. The molecular formula is C23H18N4O2. The molecule has 0 aliphatic carbocycles. The molecule has 2 heterocycles.